The zero-order chi connectivity index (χ0) is 19.9. The number of nitrogens with zero attached hydrogens (tertiary/aromatic N) is 2. The van der Waals surface area contributed by atoms with E-state index in [9.17, 15) is 14.0 Å². The zero-order valence-electron chi connectivity index (χ0n) is 16.6. The number of piperidine rings is 1. The Kier molecular flexibility index (Phi) is 5.04. The van der Waals surface area contributed by atoms with Crippen LogP contribution in [-0.4, -0.2) is 52.6 Å². The molecule has 3 fully saturated rings. The number of halogens is 1. The fourth-order valence-corrected chi connectivity index (χ4v) is 4.56. The molecule has 152 valence electrons. The first kappa shape index (κ1) is 19.2. The van der Waals surface area contributed by atoms with Gasteiger partial charge in [-0.15, -0.1) is 0 Å². The van der Waals surface area contributed by atoms with E-state index in [-0.39, 0.29) is 29.5 Å². The topological polar surface area (TPSA) is 64.7 Å². The summed E-state index contributed by atoms with van der Waals surface area (Å²) >= 11 is 0. The van der Waals surface area contributed by atoms with Gasteiger partial charge in [0.25, 0.3) is 0 Å². The minimum Gasteiger partial charge on any atom is -0.324 e. The van der Waals surface area contributed by atoms with Gasteiger partial charge < -0.3 is 15.1 Å². The van der Waals surface area contributed by atoms with Gasteiger partial charge in [-0.05, 0) is 43.4 Å². The van der Waals surface area contributed by atoms with E-state index in [1.165, 1.54) is 12.1 Å². The van der Waals surface area contributed by atoms with E-state index in [2.05, 4.69) is 29.4 Å². The summed E-state index contributed by atoms with van der Waals surface area (Å²) in [5.74, 6) is 0.309. The summed E-state index contributed by atoms with van der Waals surface area (Å²) in [6.45, 7) is 5.42. The summed E-state index contributed by atoms with van der Waals surface area (Å²) in [5.41, 5.74) is 0.129. The summed E-state index contributed by atoms with van der Waals surface area (Å²) in [6, 6.07) is 5.93. The number of benzene rings is 1. The van der Waals surface area contributed by atoms with Gasteiger partial charge in [-0.25, -0.2) is 9.18 Å². The van der Waals surface area contributed by atoms with Crippen molar-refractivity contribution >= 4 is 17.6 Å². The molecule has 7 heteroatoms. The van der Waals surface area contributed by atoms with Crippen LogP contribution < -0.4 is 10.6 Å². The quantitative estimate of drug-likeness (QED) is 0.833. The summed E-state index contributed by atoms with van der Waals surface area (Å²) < 4.78 is 13.3. The Labute approximate surface area is 165 Å². The third kappa shape index (κ3) is 3.72. The number of carbonyl (C=O) groups is 2. The Morgan fingerprint density at radius 2 is 2.04 bits per heavy atom. The lowest BCUT2D eigenvalue weighted by atomic mass is 9.95. The molecule has 1 spiro atoms. The molecule has 4 rings (SSSR count). The van der Waals surface area contributed by atoms with Crippen LogP contribution in [0.4, 0.5) is 14.9 Å². The maximum absolute atomic E-state index is 13.3. The van der Waals surface area contributed by atoms with Crippen LogP contribution in [0.3, 0.4) is 0 Å². The third-order valence-electron chi connectivity index (χ3n) is 6.01. The first-order valence-corrected chi connectivity index (χ1v) is 10.3. The highest BCUT2D eigenvalue weighted by atomic mass is 19.1. The lowest BCUT2D eigenvalue weighted by Gasteiger charge is -2.44. The maximum atomic E-state index is 13.3. The normalized spacial score (nSPS) is 24.3. The molecule has 28 heavy (non-hydrogen) atoms. The molecule has 2 aliphatic heterocycles. The average molecular weight is 388 g/mol. The fraction of sp³-hybridized carbons (Fsp3) is 0.619. The Morgan fingerprint density at radius 1 is 1.32 bits per heavy atom. The van der Waals surface area contributed by atoms with E-state index in [0.29, 0.717) is 30.7 Å². The molecule has 3 aliphatic rings. The van der Waals surface area contributed by atoms with Crippen LogP contribution in [-0.2, 0) is 4.79 Å². The van der Waals surface area contributed by atoms with Gasteiger partial charge in [-0.1, -0.05) is 19.9 Å². The number of rotatable bonds is 4. The first-order chi connectivity index (χ1) is 13.4. The van der Waals surface area contributed by atoms with Gasteiger partial charge >= 0.3 is 6.03 Å². The van der Waals surface area contributed by atoms with Crippen molar-refractivity contribution in [1.29, 1.82) is 0 Å². The molecule has 2 N–H and O–H groups in total. The Hall–Kier alpha value is -2.15. The lowest BCUT2D eigenvalue weighted by Crippen LogP contribution is -2.60. The van der Waals surface area contributed by atoms with E-state index < -0.39 is 0 Å². The number of likely N-dealkylation sites (tertiary alicyclic amines) is 1. The summed E-state index contributed by atoms with van der Waals surface area (Å²) in [7, 11) is 0. The van der Waals surface area contributed by atoms with Gasteiger partial charge in [0.15, 0.2) is 0 Å². The minimum atomic E-state index is -0.375. The Morgan fingerprint density at radius 3 is 2.64 bits per heavy atom. The van der Waals surface area contributed by atoms with Gasteiger partial charge in [0.1, 0.15) is 5.82 Å². The van der Waals surface area contributed by atoms with Gasteiger partial charge in [-0.2, -0.15) is 0 Å². The molecule has 0 bridgehead atoms. The number of anilines is 1. The van der Waals surface area contributed by atoms with Crippen molar-refractivity contribution in [3.05, 3.63) is 30.1 Å². The molecule has 0 radical (unpaired) electrons. The molecule has 6 nitrogen and oxygen atoms in total. The monoisotopic (exact) mass is 388 g/mol. The number of amides is 3. The van der Waals surface area contributed by atoms with Crippen molar-refractivity contribution in [1.82, 2.24) is 15.1 Å². The zero-order valence-corrected chi connectivity index (χ0v) is 16.6. The second-order valence-corrected chi connectivity index (χ2v) is 8.73. The lowest BCUT2D eigenvalue weighted by molar-refractivity contribution is -0.134. The van der Waals surface area contributed by atoms with Crippen LogP contribution in [0.5, 0.6) is 0 Å². The van der Waals surface area contributed by atoms with Crippen LogP contribution >= 0.6 is 0 Å². The van der Waals surface area contributed by atoms with Crippen LogP contribution in [0, 0.1) is 11.7 Å². The van der Waals surface area contributed by atoms with E-state index in [1.807, 2.05) is 0 Å². The first-order valence-electron chi connectivity index (χ1n) is 10.3. The number of hydrogen-bond donors (Lipinski definition) is 2. The molecule has 1 aromatic rings. The largest absolute Gasteiger partial charge is 0.324 e. The number of nitrogens with one attached hydrogen (secondary N) is 2. The molecule has 1 aliphatic carbocycles. The van der Waals surface area contributed by atoms with Crippen LogP contribution in [0.25, 0.3) is 0 Å². The predicted octanol–water partition coefficient (Wildman–Crippen LogP) is 3.16. The minimum absolute atomic E-state index is 0.117. The summed E-state index contributed by atoms with van der Waals surface area (Å²) in [6.07, 6.45) is 4.44. The van der Waals surface area contributed by atoms with Crippen molar-refractivity contribution in [2.75, 3.05) is 18.4 Å². The van der Waals surface area contributed by atoms with Crippen LogP contribution in [0.1, 0.15) is 46.0 Å². The average Bonchev–Trinajstić information content (AvgIpc) is 3.42. The van der Waals surface area contributed by atoms with E-state index >= 15 is 0 Å². The predicted molar refractivity (Wildman–Crippen MR) is 105 cm³/mol. The van der Waals surface area contributed by atoms with Crippen molar-refractivity contribution in [2.45, 2.75) is 63.7 Å². The molecule has 0 unspecified atom stereocenters. The fourth-order valence-electron chi connectivity index (χ4n) is 4.56. The van der Waals surface area contributed by atoms with Crippen LogP contribution in [0.2, 0.25) is 0 Å². The van der Waals surface area contributed by atoms with E-state index in [4.69, 9.17) is 0 Å². The highest BCUT2D eigenvalue weighted by Crippen LogP contribution is 2.41. The van der Waals surface area contributed by atoms with Gasteiger partial charge in [0.2, 0.25) is 5.91 Å². The SMILES string of the molecule is CC(C)C[C@@H]1NC2(CCN(C(=O)Nc3cccc(F)c3)CC2)N(C2CC2)C1=O. The second-order valence-electron chi connectivity index (χ2n) is 8.73. The molecule has 1 aromatic carbocycles. The van der Waals surface area contributed by atoms with Crippen molar-refractivity contribution in [2.24, 2.45) is 5.92 Å². The van der Waals surface area contributed by atoms with Gasteiger partial charge in [-0.3, -0.25) is 10.1 Å². The Balaban J connectivity index is 1.41. The molecule has 1 atom stereocenters. The maximum Gasteiger partial charge on any atom is 0.321 e. The molecular formula is C21H29FN4O2. The number of hydrogen-bond acceptors (Lipinski definition) is 3. The molecule has 2 heterocycles. The van der Waals surface area contributed by atoms with Crippen molar-refractivity contribution in [3.8, 4) is 0 Å². The second kappa shape index (κ2) is 7.35. The van der Waals surface area contributed by atoms with Gasteiger partial charge in [0.05, 0.1) is 11.7 Å². The molecule has 3 amide bonds. The Bertz CT molecular complexity index is 757. The molecule has 1 saturated carbocycles. The summed E-state index contributed by atoms with van der Waals surface area (Å²) in [4.78, 5) is 29.4. The standard InChI is InChI=1S/C21H29FN4O2/c1-14(2)12-18-19(27)26(17-6-7-17)21(24-18)8-10-25(11-9-21)20(28)23-16-5-3-4-15(22)13-16/h3-5,13-14,17-18,24H,6-12H2,1-2H3,(H,23,28)/t18-/m0/s1. The number of urea groups is 1. The third-order valence-corrected chi connectivity index (χ3v) is 6.01. The molecule has 2 saturated heterocycles. The van der Waals surface area contributed by atoms with Crippen molar-refractivity contribution in [3.63, 3.8) is 0 Å². The van der Waals surface area contributed by atoms with E-state index in [0.717, 1.165) is 32.1 Å². The van der Waals surface area contributed by atoms with Gasteiger partial charge in [0, 0.05) is 37.7 Å². The highest BCUT2D eigenvalue weighted by molar-refractivity contribution is 5.89. The highest BCUT2D eigenvalue weighted by Gasteiger charge is 2.56. The molecular weight excluding hydrogens is 359 g/mol. The summed E-state index contributed by atoms with van der Waals surface area (Å²) in [5, 5.41) is 6.41. The smallest absolute Gasteiger partial charge is 0.321 e. The van der Waals surface area contributed by atoms with Crippen LogP contribution in [0.15, 0.2) is 24.3 Å². The number of carbonyl (C=O) groups excluding carboxylic acids is 2. The van der Waals surface area contributed by atoms with E-state index in [1.54, 1.807) is 17.0 Å². The van der Waals surface area contributed by atoms with Crippen molar-refractivity contribution < 1.29 is 14.0 Å². The molecule has 0 aromatic heterocycles.